The molecule has 1 aliphatic heterocycles. The molecule has 2 heterocycles. The Morgan fingerprint density at radius 3 is 2.89 bits per heavy atom. The Bertz CT molecular complexity index is 529. The predicted molar refractivity (Wildman–Crippen MR) is 75.8 cm³/mol. The summed E-state index contributed by atoms with van der Waals surface area (Å²) in [4.78, 5) is 4.38. The van der Waals surface area contributed by atoms with Crippen molar-refractivity contribution in [1.82, 2.24) is 10.3 Å². The molecule has 2 heteroatoms. The number of benzene rings is 1. The molecule has 2 nitrogen and oxygen atoms in total. The van der Waals surface area contributed by atoms with Crippen LogP contribution in [0.15, 0.2) is 36.5 Å². The van der Waals surface area contributed by atoms with Crippen molar-refractivity contribution in [3.8, 4) is 0 Å². The van der Waals surface area contributed by atoms with Gasteiger partial charge in [0.25, 0.3) is 0 Å². The minimum Gasteiger partial charge on any atom is -0.317 e. The standard InChI is InChI=1S/C16H20N2/c1-12(13-6-9-17-10-7-13)14-4-5-16-15(11-14)3-2-8-18-16/h2-5,8,11-13,17H,6-7,9-10H2,1H3. The summed E-state index contributed by atoms with van der Waals surface area (Å²) in [5, 5.41) is 4.70. The van der Waals surface area contributed by atoms with E-state index < -0.39 is 0 Å². The molecular weight excluding hydrogens is 220 g/mol. The van der Waals surface area contributed by atoms with Crippen LogP contribution in [-0.4, -0.2) is 18.1 Å². The number of hydrogen-bond acceptors (Lipinski definition) is 2. The molecule has 0 aliphatic carbocycles. The van der Waals surface area contributed by atoms with Crippen molar-refractivity contribution in [2.45, 2.75) is 25.7 Å². The Hall–Kier alpha value is -1.41. The van der Waals surface area contributed by atoms with Gasteiger partial charge in [0.1, 0.15) is 0 Å². The van der Waals surface area contributed by atoms with E-state index in [1.54, 1.807) is 0 Å². The second-order valence-electron chi connectivity index (χ2n) is 5.33. The number of hydrogen-bond donors (Lipinski definition) is 1. The van der Waals surface area contributed by atoms with Gasteiger partial charge in [0.15, 0.2) is 0 Å². The van der Waals surface area contributed by atoms with Gasteiger partial charge in [-0.25, -0.2) is 0 Å². The first-order valence-electron chi connectivity index (χ1n) is 6.90. The third kappa shape index (κ3) is 2.25. The highest BCUT2D eigenvalue weighted by Gasteiger charge is 2.21. The summed E-state index contributed by atoms with van der Waals surface area (Å²) < 4.78 is 0. The Morgan fingerprint density at radius 1 is 1.22 bits per heavy atom. The molecule has 1 aromatic carbocycles. The van der Waals surface area contributed by atoms with E-state index in [4.69, 9.17) is 0 Å². The zero-order valence-electron chi connectivity index (χ0n) is 10.9. The summed E-state index contributed by atoms with van der Waals surface area (Å²) in [7, 11) is 0. The normalized spacial score (nSPS) is 18.9. The smallest absolute Gasteiger partial charge is 0.0702 e. The van der Waals surface area contributed by atoms with Crippen LogP contribution >= 0.6 is 0 Å². The van der Waals surface area contributed by atoms with Crippen LogP contribution < -0.4 is 5.32 Å². The molecule has 1 N–H and O–H groups in total. The van der Waals surface area contributed by atoms with Crippen LogP contribution in [0, 0.1) is 5.92 Å². The predicted octanol–water partition coefficient (Wildman–Crippen LogP) is 3.34. The van der Waals surface area contributed by atoms with Crippen LogP contribution in [0.2, 0.25) is 0 Å². The third-order valence-corrected chi connectivity index (χ3v) is 4.24. The highest BCUT2D eigenvalue weighted by molar-refractivity contribution is 5.79. The van der Waals surface area contributed by atoms with E-state index >= 15 is 0 Å². The first-order chi connectivity index (χ1) is 8.84. The van der Waals surface area contributed by atoms with Gasteiger partial charge in [-0.2, -0.15) is 0 Å². The summed E-state index contributed by atoms with van der Waals surface area (Å²) in [5.41, 5.74) is 2.56. The zero-order valence-corrected chi connectivity index (χ0v) is 10.9. The SMILES string of the molecule is CC(c1ccc2ncccc2c1)C1CCNCC1. The van der Waals surface area contributed by atoms with E-state index in [9.17, 15) is 0 Å². The molecule has 1 aromatic heterocycles. The fraction of sp³-hybridized carbons (Fsp3) is 0.438. The molecule has 0 bridgehead atoms. The molecule has 18 heavy (non-hydrogen) atoms. The van der Waals surface area contributed by atoms with Crippen LogP contribution in [0.25, 0.3) is 10.9 Å². The summed E-state index contributed by atoms with van der Waals surface area (Å²) in [6.45, 7) is 4.71. The molecule has 1 atom stereocenters. The Balaban J connectivity index is 1.88. The lowest BCUT2D eigenvalue weighted by Gasteiger charge is -2.28. The second-order valence-corrected chi connectivity index (χ2v) is 5.33. The topological polar surface area (TPSA) is 24.9 Å². The first-order valence-corrected chi connectivity index (χ1v) is 6.90. The largest absolute Gasteiger partial charge is 0.317 e. The number of nitrogens with one attached hydrogen (secondary N) is 1. The van der Waals surface area contributed by atoms with E-state index in [0.717, 1.165) is 11.4 Å². The molecule has 2 aromatic rings. The van der Waals surface area contributed by atoms with Gasteiger partial charge in [0.05, 0.1) is 5.52 Å². The van der Waals surface area contributed by atoms with E-state index in [1.807, 2.05) is 12.3 Å². The van der Waals surface area contributed by atoms with Crippen LogP contribution in [-0.2, 0) is 0 Å². The lowest BCUT2D eigenvalue weighted by Crippen LogP contribution is -2.30. The molecule has 1 saturated heterocycles. The number of rotatable bonds is 2. The Kier molecular flexibility index (Phi) is 3.28. The summed E-state index contributed by atoms with van der Waals surface area (Å²) in [6, 6.07) is 10.9. The molecule has 1 aliphatic rings. The van der Waals surface area contributed by atoms with Gasteiger partial charge in [-0.3, -0.25) is 4.98 Å². The van der Waals surface area contributed by atoms with Crippen molar-refractivity contribution in [2.24, 2.45) is 5.92 Å². The van der Waals surface area contributed by atoms with Gasteiger partial charge in [0.2, 0.25) is 0 Å². The van der Waals surface area contributed by atoms with Crippen LogP contribution in [0.1, 0.15) is 31.2 Å². The van der Waals surface area contributed by atoms with Gasteiger partial charge in [-0.05, 0) is 61.5 Å². The van der Waals surface area contributed by atoms with Crippen molar-refractivity contribution < 1.29 is 0 Å². The van der Waals surface area contributed by atoms with Crippen molar-refractivity contribution in [3.63, 3.8) is 0 Å². The summed E-state index contributed by atoms with van der Waals surface area (Å²) in [6.07, 6.45) is 4.46. The molecular formula is C16H20N2. The summed E-state index contributed by atoms with van der Waals surface area (Å²) in [5.74, 6) is 1.47. The van der Waals surface area contributed by atoms with Crippen LogP contribution in [0.4, 0.5) is 0 Å². The second kappa shape index (κ2) is 5.07. The molecule has 1 unspecified atom stereocenters. The lowest BCUT2D eigenvalue weighted by molar-refractivity contribution is 0.330. The maximum absolute atomic E-state index is 4.38. The summed E-state index contributed by atoms with van der Waals surface area (Å²) >= 11 is 0. The molecule has 1 fully saturated rings. The van der Waals surface area contributed by atoms with Gasteiger partial charge >= 0.3 is 0 Å². The maximum Gasteiger partial charge on any atom is 0.0702 e. The minimum absolute atomic E-state index is 0.650. The molecule has 0 amide bonds. The van der Waals surface area contributed by atoms with Crippen LogP contribution in [0.3, 0.4) is 0 Å². The quantitative estimate of drug-likeness (QED) is 0.871. The van der Waals surface area contributed by atoms with E-state index in [2.05, 4.69) is 41.5 Å². The fourth-order valence-electron chi connectivity index (χ4n) is 2.99. The Morgan fingerprint density at radius 2 is 2.06 bits per heavy atom. The van der Waals surface area contributed by atoms with Crippen molar-refractivity contribution in [2.75, 3.05) is 13.1 Å². The average molecular weight is 240 g/mol. The van der Waals surface area contributed by atoms with Crippen molar-refractivity contribution in [1.29, 1.82) is 0 Å². The number of piperidine rings is 1. The highest BCUT2D eigenvalue weighted by atomic mass is 14.9. The van der Waals surface area contributed by atoms with Crippen molar-refractivity contribution in [3.05, 3.63) is 42.1 Å². The third-order valence-electron chi connectivity index (χ3n) is 4.24. The van der Waals surface area contributed by atoms with Gasteiger partial charge in [-0.15, -0.1) is 0 Å². The molecule has 0 saturated carbocycles. The number of nitrogens with zero attached hydrogens (tertiary/aromatic N) is 1. The van der Waals surface area contributed by atoms with Gasteiger partial charge in [0, 0.05) is 11.6 Å². The van der Waals surface area contributed by atoms with E-state index in [1.165, 1.54) is 36.9 Å². The van der Waals surface area contributed by atoms with Crippen LogP contribution in [0.5, 0.6) is 0 Å². The lowest BCUT2D eigenvalue weighted by atomic mass is 9.81. The number of fused-ring (bicyclic) bond motifs is 1. The molecule has 0 radical (unpaired) electrons. The van der Waals surface area contributed by atoms with Crippen molar-refractivity contribution >= 4 is 10.9 Å². The molecule has 3 rings (SSSR count). The monoisotopic (exact) mass is 240 g/mol. The zero-order chi connectivity index (χ0) is 12.4. The molecule has 0 spiro atoms. The first kappa shape index (κ1) is 11.7. The van der Waals surface area contributed by atoms with Gasteiger partial charge in [-0.1, -0.05) is 19.1 Å². The Labute approximate surface area is 108 Å². The number of pyridine rings is 1. The fourth-order valence-corrected chi connectivity index (χ4v) is 2.99. The number of aromatic nitrogens is 1. The van der Waals surface area contributed by atoms with Gasteiger partial charge < -0.3 is 5.32 Å². The van der Waals surface area contributed by atoms with E-state index in [0.29, 0.717) is 5.92 Å². The minimum atomic E-state index is 0.650. The maximum atomic E-state index is 4.38. The highest BCUT2D eigenvalue weighted by Crippen LogP contribution is 2.31. The average Bonchev–Trinajstić information content (AvgIpc) is 2.47. The molecule has 94 valence electrons. The van der Waals surface area contributed by atoms with E-state index in [-0.39, 0.29) is 0 Å².